The number of aromatic nitrogens is 1. The molecular formula is C48H62N8O14S. The van der Waals surface area contributed by atoms with Crippen molar-refractivity contribution in [3.63, 3.8) is 0 Å². The number of aliphatic hydroxyl groups excluding tert-OH is 3. The molecule has 7 amide bonds. The van der Waals surface area contributed by atoms with Crippen molar-refractivity contribution in [2.24, 2.45) is 29.4 Å². The number of ketones is 2. The fraction of sp³-hybridized carbons (Fsp3) is 0.521. The number of carbonyl (C=O) groups is 9. The van der Waals surface area contributed by atoms with E-state index in [1.165, 1.54) is 6.92 Å². The minimum atomic E-state index is -2.31. The van der Waals surface area contributed by atoms with Gasteiger partial charge in [-0.05, 0) is 35.6 Å². The predicted molar refractivity (Wildman–Crippen MR) is 254 cm³/mol. The van der Waals surface area contributed by atoms with Crippen LogP contribution in [0.5, 0.6) is 5.75 Å². The zero-order valence-electron chi connectivity index (χ0n) is 39.6. The van der Waals surface area contributed by atoms with Crippen molar-refractivity contribution in [2.75, 3.05) is 32.0 Å². The van der Waals surface area contributed by atoms with E-state index in [9.17, 15) is 62.7 Å². The number of aromatic amines is 1. The molecule has 0 spiro atoms. The number of ether oxygens (including phenoxy) is 1. The molecule has 71 heavy (non-hydrogen) atoms. The van der Waals surface area contributed by atoms with Gasteiger partial charge in [0.05, 0.1) is 72.0 Å². The first-order chi connectivity index (χ1) is 33.8. The quantitative estimate of drug-likeness (QED) is 0.107. The molecule has 23 heteroatoms. The molecule has 11 atom stereocenters. The minimum Gasteiger partial charge on any atom is -0.489 e. The third-order valence-electron chi connectivity index (χ3n) is 13.4. The average Bonchev–Trinajstić information content (AvgIpc) is 3.92. The van der Waals surface area contributed by atoms with Crippen molar-refractivity contribution in [2.45, 2.75) is 107 Å². The highest BCUT2D eigenvalue weighted by Crippen LogP contribution is 2.33. The number of aliphatic hydroxyl groups is 3. The Morgan fingerprint density at radius 3 is 2.24 bits per heavy atom. The Balaban J connectivity index is 1.54. The summed E-state index contributed by atoms with van der Waals surface area (Å²) in [4.78, 5) is 130. The van der Waals surface area contributed by atoms with Crippen LogP contribution in [0.4, 0.5) is 0 Å². The Labute approximate surface area is 411 Å². The number of nitrogens with one attached hydrogen (secondary N) is 6. The normalized spacial score (nSPS) is 27.0. The summed E-state index contributed by atoms with van der Waals surface area (Å²) in [6, 6.07) is 8.13. The lowest BCUT2D eigenvalue weighted by molar-refractivity contribution is -0.145. The van der Waals surface area contributed by atoms with Crippen LogP contribution in [0.15, 0.2) is 53.6 Å². The average molecular weight is 1010 g/mol. The number of nitrogens with zero attached hydrogens (tertiary/aromatic N) is 1. The number of rotatable bonds is 10. The molecule has 11 N–H and O–H groups in total. The fourth-order valence-corrected chi connectivity index (χ4v) is 10.5. The summed E-state index contributed by atoms with van der Waals surface area (Å²) < 4.78 is 21.0. The van der Waals surface area contributed by atoms with Gasteiger partial charge < -0.3 is 62.3 Å². The molecule has 3 aromatic rings. The Morgan fingerprint density at radius 1 is 0.873 bits per heavy atom. The number of amides is 7. The van der Waals surface area contributed by atoms with Gasteiger partial charge in [-0.2, -0.15) is 0 Å². The number of carbonyl (C=O) groups excluding carboxylic acids is 9. The molecule has 1 saturated heterocycles. The van der Waals surface area contributed by atoms with Gasteiger partial charge in [0.25, 0.3) is 0 Å². The van der Waals surface area contributed by atoms with Gasteiger partial charge in [0.2, 0.25) is 41.4 Å². The highest BCUT2D eigenvalue weighted by Gasteiger charge is 2.45. The van der Waals surface area contributed by atoms with Gasteiger partial charge in [0, 0.05) is 55.5 Å². The standard InChI is InChI=1S/C48H62N8O14S/c1-4-24(2)42-46(67)51-18-40(63)52-34-23-71(69)47-32(31-11-10-30(17-33(31)53-47)70-22-26-8-6-5-7-9-26)12-27(44(65)50-19-41(64)54-42)13-37(60)43(25(3)38(61)21-57)55-45(66)35-16-29(58)20-56(35)48(68)28(14-36(34)59)15-39(49)62/h5-11,17,24-25,27-29,34-35,38,42-43,53,57-58,61H,4,12-16,18-23H2,1-3H3,(H2,49,62)(H,50,65)(H,51,67)(H,52,63)(H,54,64)(H,55,66)/t24-,25-,27+,28-,29+,34-,35-,38-,42-,43-,71?/m0/s1. The van der Waals surface area contributed by atoms with E-state index in [4.69, 9.17) is 10.5 Å². The van der Waals surface area contributed by atoms with Crippen LogP contribution in [-0.4, -0.2) is 151 Å². The summed E-state index contributed by atoms with van der Waals surface area (Å²) in [6.07, 6.45) is -5.48. The van der Waals surface area contributed by atoms with Gasteiger partial charge in [-0.3, -0.25) is 47.4 Å². The highest BCUT2D eigenvalue weighted by atomic mass is 32.2. The molecule has 6 rings (SSSR count). The van der Waals surface area contributed by atoms with Gasteiger partial charge in [0.15, 0.2) is 11.6 Å². The summed E-state index contributed by atoms with van der Waals surface area (Å²) in [5.41, 5.74) is 7.01. The molecule has 384 valence electrons. The smallest absolute Gasteiger partial charge is 0.243 e. The molecule has 2 bridgehead atoms. The summed E-state index contributed by atoms with van der Waals surface area (Å²) in [5, 5.41) is 44.7. The molecule has 2 aromatic carbocycles. The number of hydrogen-bond donors (Lipinski definition) is 10. The molecule has 4 heterocycles. The zero-order valence-corrected chi connectivity index (χ0v) is 40.5. The first kappa shape index (κ1) is 53.8. The summed E-state index contributed by atoms with van der Waals surface area (Å²) in [6.45, 7) is 2.26. The first-order valence-electron chi connectivity index (χ1n) is 23.5. The first-order valence-corrected chi connectivity index (χ1v) is 24.9. The molecule has 3 aliphatic rings. The SMILES string of the molecule is CC[C@H](C)[C@@H]1NC(=O)CNC(=O)[C@H]2CC(=O)[C@H]([C@@H](C)[C@@H](O)CO)NC(=O)[C@@H]3C[C@@H](O)CN3C(=O)[C@H](CC(N)=O)CC(=O)[C@H](CS(=O)c3[nH]c4cc(OCc5ccccc5)ccc4c3C2)NC(=O)CNC1=O. The number of H-pyrrole nitrogens is 1. The molecular weight excluding hydrogens is 945 g/mol. The predicted octanol–water partition coefficient (Wildman–Crippen LogP) is -1.87. The second kappa shape index (κ2) is 24.0. The van der Waals surface area contributed by atoms with E-state index in [2.05, 4.69) is 31.6 Å². The molecule has 0 saturated carbocycles. The van der Waals surface area contributed by atoms with E-state index >= 15 is 0 Å². The van der Waals surface area contributed by atoms with Crippen LogP contribution >= 0.6 is 0 Å². The van der Waals surface area contributed by atoms with Gasteiger partial charge in [-0.25, -0.2) is 0 Å². The lowest BCUT2D eigenvalue weighted by Gasteiger charge is -2.32. The monoisotopic (exact) mass is 1010 g/mol. The molecule has 1 aromatic heterocycles. The van der Waals surface area contributed by atoms with Crippen LogP contribution in [0.1, 0.15) is 64.0 Å². The molecule has 0 radical (unpaired) electrons. The lowest BCUT2D eigenvalue weighted by Crippen LogP contribution is -2.56. The van der Waals surface area contributed by atoms with Gasteiger partial charge in [-0.15, -0.1) is 0 Å². The Morgan fingerprint density at radius 2 is 1.56 bits per heavy atom. The fourth-order valence-electron chi connectivity index (χ4n) is 9.08. The van der Waals surface area contributed by atoms with Gasteiger partial charge >= 0.3 is 0 Å². The second-order valence-corrected chi connectivity index (χ2v) is 19.9. The minimum absolute atomic E-state index is 0.0465. The summed E-state index contributed by atoms with van der Waals surface area (Å²) in [7, 11) is -2.31. The van der Waals surface area contributed by atoms with Crippen LogP contribution < -0.4 is 37.1 Å². The van der Waals surface area contributed by atoms with Crippen LogP contribution in [0, 0.1) is 23.7 Å². The van der Waals surface area contributed by atoms with E-state index in [0.717, 1.165) is 10.5 Å². The second-order valence-electron chi connectivity index (χ2n) is 18.5. The Kier molecular flexibility index (Phi) is 18.2. The molecule has 1 fully saturated rings. The van der Waals surface area contributed by atoms with Crippen LogP contribution in [0.3, 0.4) is 0 Å². The van der Waals surface area contributed by atoms with Crippen LogP contribution in [0.2, 0.25) is 0 Å². The maximum absolute atomic E-state index is 15.0. The third-order valence-corrected chi connectivity index (χ3v) is 14.8. The number of primary amides is 1. The maximum atomic E-state index is 15.0. The number of hydrogen-bond acceptors (Lipinski definition) is 14. The zero-order chi connectivity index (χ0) is 51.7. The van der Waals surface area contributed by atoms with E-state index in [-0.39, 0.29) is 30.0 Å². The number of nitrogens with two attached hydrogens (primary N) is 1. The highest BCUT2D eigenvalue weighted by molar-refractivity contribution is 7.85. The van der Waals surface area contributed by atoms with Crippen molar-refractivity contribution in [3.05, 3.63) is 59.7 Å². The van der Waals surface area contributed by atoms with Crippen molar-refractivity contribution in [3.8, 4) is 5.75 Å². The topological polar surface area (TPSA) is 346 Å². The molecule has 22 nitrogen and oxygen atoms in total. The molecule has 3 aliphatic heterocycles. The van der Waals surface area contributed by atoms with Crippen molar-refractivity contribution in [1.82, 2.24) is 36.5 Å². The van der Waals surface area contributed by atoms with Crippen molar-refractivity contribution >= 4 is 74.6 Å². The van der Waals surface area contributed by atoms with E-state index < -0.39 is 175 Å². The van der Waals surface area contributed by atoms with Crippen LogP contribution in [0.25, 0.3) is 10.9 Å². The maximum Gasteiger partial charge on any atom is 0.243 e. The van der Waals surface area contributed by atoms with Gasteiger partial charge in [-0.1, -0.05) is 57.5 Å². The van der Waals surface area contributed by atoms with E-state index in [0.29, 0.717) is 23.1 Å². The Bertz CT molecular complexity index is 2540. The number of benzene rings is 2. The summed E-state index contributed by atoms with van der Waals surface area (Å²) in [5.74, 6) is -13.1. The van der Waals surface area contributed by atoms with Crippen LogP contribution in [-0.2, 0) is 67.0 Å². The number of fused-ring (bicyclic) bond motifs is 5. The summed E-state index contributed by atoms with van der Waals surface area (Å²) >= 11 is 0. The largest absolute Gasteiger partial charge is 0.489 e. The molecule has 1 unspecified atom stereocenters. The third kappa shape index (κ3) is 13.4. The van der Waals surface area contributed by atoms with E-state index in [1.54, 1.807) is 32.0 Å². The van der Waals surface area contributed by atoms with Crippen molar-refractivity contribution < 1.29 is 67.4 Å². The molecule has 0 aliphatic carbocycles. The lowest BCUT2D eigenvalue weighted by atomic mass is 9.85. The van der Waals surface area contributed by atoms with Crippen molar-refractivity contribution in [1.29, 1.82) is 0 Å². The number of Topliss-reactive ketones (excluding diaryl/α,β-unsaturated/α-hetero) is 2. The van der Waals surface area contributed by atoms with Gasteiger partial charge in [0.1, 0.15) is 29.5 Å². The Hall–Kier alpha value is -6.56. The van der Waals surface area contributed by atoms with E-state index in [1.807, 2.05) is 30.3 Å².